The Labute approximate surface area is 198 Å². The lowest BCUT2D eigenvalue weighted by atomic mass is 10.0. The van der Waals surface area contributed by atoms with Crippen LogP contribution in [-0.4, -0.2) is 18.7 Å². The highest BCUT2D eigenvalue weighted by Gasteiger charge is 2.20. The van der Waals surface area contributed by atoms with Crippen LogP contribution in [0.2, 0.25) is 0 Å². The van der Waals surface area contributed by atoms with Crippen molar-refractivity contribution in [3.8, 4) is 5.69 Å². The number of aromatic nitrogens is 4. The van der Waals surface area contributed by atoms with Gasteiger partial charge in [0.1, 0.15) is 12.3 Å². The van der Waals surface area contributed by atoms with Gasteiger partial charge in [-0.15, -0.1) is 5.10 Å². The number of ether oxygens (including phenoxy) is 1. The molecule has 0 amide bonds. The Morgan fingerprint density at radius 3 is 2.52 bits per heavy atom. The first-order chi connectivity index (χ1) is 15.8. The van der Waals surface area contributed by atoms with Gasteiger partial charge in [0.2, 0.25) is 0 Å². The van der Waals surface area contributed by atoms with Crippen molar-refractivity contribution in [3.63, 3.8) is 0 Å². The Morgan fingerprint density at radius 1 is 1.12 bits per heavy atom. The van der Waals surface area contributed by atoms with Crippen molar-refractivity contribution in [2.24, 2.45) is 0 Å². The minimum atomic E-state index is -0.725. The zero-order valence-corrected chi connectivity index (χ0v) is 20.2. The van der Waals surface area contributed by atoms with E-state index in [0.717, 1.165) is 22.0 Å². The number of benzene rings is 1. The molecule has 0 radical (unpaired) electrons. The van der Waals surface area contributed by atoms with Crippen molar-refractivity contribution >= 4 is 21.4 Å². The molecule has 3 aromatic heterocycles. The quantitative estimate of drug-likeness (QED) is 0.366. The SMILES string of the molecule is CCn1c(COCc2ccccc2)nn(-c2cc3c(C(C)C)cc(Br)c(=O)n3cc2F)c1=O. The van der Waals surface area contributed by atoms with Gasteiger partial charge >= 0.3 is 5.69 Å². The van der Waals surface area contributed by atoms with E-state index in [9.17, 15) is 9.59 Å². The fraction of sp³-hybridized carbons (Fsp3) is 0.292. The summed E-state index contributed by atoms with van der Waals surface area (Å²) < 4.78 is 25.0. The summed E-state index contributed by atoms with van der Waals surface area (Å²) in [4.78, 5) is 25.6. The molecule has 0 aliphatic heterocycles. The predicted octanol–water partition coefficient (Wildman–Crippen LogP) is 4.41. The van der Waals surface area contributed by atoms with Crippen molar-refractivity contribution in [1.29, 1.82) is 0 Å². The smallest absolute Gasteiger partial charge is 0.350 e. The van der Waals surface area contributed by atoms with Gasteiger partial charge in [-0.1, -0.05) is 44.2 Å². The number of pyridine rings is 2. The largest absolute Gasteiger partial charge is 0.369 e. The highest BCUT2D eigenvalue weighted by molar-refractivity contribution is 9.10. The van der Waals surface area contributed by atoms with Gasteiger partial charge in [0.25, 0.3) is 5.56 Å². The molecule has 0 aliphatic carbocycles. The lowest BCUT2D eigenvalue weighted by Crippen LogP contribution is -2.25. The Morgan fingerprint density at radius 2 is 1.85 bits per heavy atom. The van der Waals surface area contributed by atoms with Crippen molar-refractivity contribution in [2.75, 3.05) is 0 Å². The summed E-state index contributed by atoms with van der Waals surface area (Å²) in [5.41, 5.74) is 1.51. The normalized spacial score (nSPS) is 11.6. The molecule has 3 heterocycles. The predicted molar refractivity (Wildman–Crippen MR) is 127 cm³/mol. The Kier molecular flexibility index (Phi) is 6.62. The number of halogens is 2. The first kappa shape index (κ1) is 23.1. The van der Waals surface area contributed by atoms with Crippen LogP contribution in [0.3, 0.4) is 0 Å². The van der Waals surface area contributed by atoms with Gasteiger partial charge < -0.3 is 4.74 Å². The van der Waals surface area contributed by atoms with E-state index in [1.165, 1.54) is 15.0 Å². The molecular weight excluding hydrogens is 491 g/mol. The topological polar surface area (TPSA) is 70.5 Å². The van der Waals surface area contributed by atoms with Crippen LogP contribution in [0.4, 0.5) is 4.39 Å². The standard InChI is InChI=1S/C24H24BrFN4O3/c1-4-28-22(14-33-13-16-8-6-5-7-9-16)27-30(24(28)32)21-11-20-17(15(2)3)10-18(25)23(31)29(20)12-19(21)26/h5-12,15H,4,13-14H2,1-3H3. The van der Waals surface area contributed by atoms with E-state index >= 15 is 4.39 Å². The van der Waals surface area contributed by atoms with Gasteiger partial charge in [-0.25, -0.2) is 9.18 Å². The van der Waals surface area contributed by atoms with Crippen molar-refractivity contribution < 1.29 is 9.13 Å². The molecule has 0 bridgehead atoms. The van der Waals surface area contributed by atoms with Crippen molar-refractivity contribution in [2.45, 2.75) is 46.4 Å². The lowest BCUT2D eigenvalue weighted by molar-refractivity contribution is 0.0989. The van der Waals surface area contributed by atoms with E-state index in [-0.39, 0.29) is 23.8 Å². The molecule has 7 nitrogen and oxygen atoms in total. The number of rotatable bonds is 7. The van der Waals surface area contributed by atoms with Crippen LogP contribution < -0.4 is 11.2 Å². The van der Waals surface area contributed by atoms with E-state index in [0.29, 0.717) is 29.0 Å². The summed E-state index contributed by atoms with van der Waals surface area (Å²) >= 11 is 3.26. The molecule has 172 valence electrons. The van der Waals surface area contributed by atoms with Gasteiger partial charge in [0.05, 0.1) is 22.8 Å². The molecule has 0 fully saturated rings. The van der Waals surface area contributed by atoms with Gasteiger partial charge in [-0.05, 0) is 52.0 Å². The second-order valence-electron chi connectivity index (χ2n) is 8.00. The molecule has 1 aromatic carbocycles. The Balaban J connectivity index is 1.77. The monoisotopic (exact) mass is 514 g/mol. The van der Waals surface area contributed by atoms with Gasteiger partial charge in [0.15, 0.2) is 11.6 Å². The van der Waals surface area contributed by atoms with Crippen LogP contribution in [0.25, 0.3) is 11.2 Å². The van der Waals surface area contributed by atoms with Crippen LogP contribution in [0.15, 0.2) is 62.7 Å². The molecule has 0 N–H and O–H groups in total. The Bertz CT molecular complexity index is 1420. The molecule has 4 aromatic rings. The van der Waals surface area contributed by atoms with Crippen molar-refractivity contribution in [3.05, 3.63) is 96.7 Å². The van der Waals surface area contributed by atoms with E-state index in [1.807, 2.05) is 51.1 Å². The number of hydrogen-bond acceptors (Lipinski definition) is 4. The maximum Gasteiger partial charge on any atom is 0.350 e. The molecule has 33 heavy (non-hydrogen) atoms. The molecule has 0 unspecified atom stereocenters. The maximum absolute atomic E-state index is 15.1. The zero-order valence-electron chi connectivity index (χ0n) is 18.6. The molecule has 0 atom stereocenters. The number of nitrogens with zero attached hydrogens (tertiary/aromatic N) is 4. The minimum Gasteiger partial charge on any atom is -0.369 e. The number of fused-ring (bicyclic) bond motifs is 1. The van der Waals surface area contributed by atoms with E-state index in [2.05, 4.69) is 21.0 Å². The van der Waals surface area contributed by atoms with Crippen LogP contribution >= 0.6 is 15.9 Å². The van der Waals surface area contributed by atoms with Crippen molar-refractivity contribution in [1.82, 2.24) is 18.7 Å². The summed E-state index contributed by atoms with van der Waals surface area (Å²) in [7, 11) is 0. The second-order valence-corrected chi connectivity index (χ2v) is 8.86. The first-order valence-electron chi connectivity index (χ1n) is 10.7. The summed E-state index contributed by atoms with van der Waals surface area (Å²) in [6.45, 7) is 6.61. The molecule has 0 saturated heterocycles. The maximum atomic E-state index is 15.1. The summed E-state index contributed by atoms with van der Waals surface area (Å²) in [6, 6.07) is 12.9. The average molecular weight is 515 g/mol. The molecule has 9 heteroatoms. The molecular formula is C24H24BrFN4O3. The zero-order chi connectivity index (χ0) is 23.7. The summed E-state index contributed by atoms with van der Waals surface area (Å²) in [5.74, 6) is -0.255. The fourth-order valence-corrected chi connectivity index (χ4v) is 4.21. The lowest BCUT2D eigenvalue weighted by Gasteiger charge is -2.13. The van der Waals surface area contributed by atoms with Gasteiger partial charge in [0, 0.05) is 6.54 Å². The van der Waals surface area contributed by atoms with Gasteiger partial charge in [-0.3, -0.25) is 13.8 Å². The average Bonchev–Trinajstić information content (AvgIpc) is 3.11. The summed E-state index contributed by atoms with van der Waals surface area (Å²) in [5, 5.41) is 4.37. The van der Waals surface area contributed by atoms with Crippen LogP contribution in [0.1, 0.15) is 43.6 Å². The fourth-order valence-electron chi connectivity index (χ4n) is 3.77. The van der Waals surface area contributed by atoms with Crippen LogP contribution in [0, 0.1) is 5.82 Å². The summed E-state index contributed by atoms with van der Waals surface area (Å²) in [6.07, 6.45) is 1.10. The Hall–Kier alpha value is -3.04. The van der Waals surface area contributed by atoms with Crippen LogP contribution in [-0.2, 0) is 24.5 Å². The second kappa shape index (κ2) is 9.44. The van der Waals surface area contributed by atoms with E-state index in [1.54, 1.807) is 6.07 Å². The minimum absolute atomic E-state index is 0.0138. The van der Waals surface area contributed by atoms with E-state index < -0.39 is 11.5 Å². The van der Waals surface area contributed by atoms with Gasteiger partial charge in [-0.2, -0.15) is 4.68 Å². The first-order valence-corrected chi connectivity index (χ1v) is 11.5. The third kappa shape index (κ3) is 4.43. The molecule has 4 rings (SSSR count). The van der Waals surface area contributed by atoms with E-state index in [4.69, 9.17) is 4.74 Å². The molecule has 0 saturated carbocycles. The van der Waals surface area contributed by atoms with Crippen LogP contribution in [0.5, 0.6) is 0 Å². The molecule has 0 spiro atoms. The highest BCUT2D eigenvalue weighted by Crippen LogP contribution is 2.25. The molecule has 0 aliphatic rings. The highest BCUT2D eigenvalue weighted by atomic mass is 79.9. The third-order valence-electron chi connectivity index (χ3n) is 5.47. The third-order valence-corrected chi connectivity index (χ3v) is 6.04. The number of hydrogen-bond donors (Lipinski definition) is 0.